The fourth-order valence-electron chi connectivity index (χ4n) is 6.69. The predicted molar refractivity (Wildman–Crippen MR) is 146 cm³/mol. The summed E-state index contributed by atoms with van der Waals surface area (Å²) in [5.74, 6) is -0.403. The lowest BCUT2D eigenvalue weighted by Gasteiger charge is -2.50. The van der Waals surface area contributed by atoms with E-state index < -0.39 is 11.3 Å². The number of hydrogen-bond donors (Lipinski definition) is 1. The van der Waals surface area contributed by atoms with Crippen LogP contribution in [-0.4, -0.2) is 96.0 Å². The SMILES string of the molecule is CO[C@H]1COCC[C@@H]1NC(=O)[C@H]1CN(C(=O)c2cnn(Cc3ccccc3)c2)CC12CN(C(=O)[C@H]1CC1(C)C)C2. The number of amides is 3. The third-order valence-electron chi connectivity index (χ3n) is 9.39. The molecule has 1 aliphatic carbocycles. The molecular weight excluding hydrogens is 510 g/mol. The Labute approximate surface area is 235 Å². The Kier molecular flexibility index (Phi) is 6.94. The molecule has 10 nitrogen and oxygen atoms in total. The Morgan fingerprint density at radius 2 is 1.82 bits per heavy atom. The Bertz CT molecular complexity index is 1270. The lowest BCUT2D eigenvalue weighted by atomic mass is 9.70. The second kappa shape index (κ2) is 10.3. The molecule has 2 aromatic rings. The van der Waals surface area contributed by atoms with E-state index in [1.807, 2.05) is 35.2 Å². The summed E-state index contributed by atoms with van der Waals surface area (Å²) in [5.41, 5.74) is 1.19. The highest BCUT2D eigenvalue weighted by Gasteiger charge is 2.62. The van der Waals surface area contributed by atoms with E-state index >= 15 is 0 Å². The lowest BCUT2D eigenvalue weighted by Crippen LogP contribution is -2.65. The van der Waals surface area contributed by atoms with Crippen LogP contribution in [0.3, 0.4) is 0 Å². The Hall–Kier alpha value is -3.24. The van der Waals surface area contributed by atoms with Crippen molar-refractivity contribution < 1.29 is 23.9 Å². The fraction of sp³-hybridized carbons (Fsp3) is 0.600. The maximum atomic E-state index is 13.8. The number of hydrogen-bond acceptors (Lipinski definition) is 6. The van der Waals surface area contributed by atoms with E-state index in [2.05, 4.69) is 24.3 Å². The molecule has 1 N–H and O–H groups in total. The highest BCUT2D eigenvalue weighted by atomic mass is 16.5. The standard InChI is InChI=1S/C30H39N5O5/c1-29(2)11-22(29)28(38)34-18-30(19-34)17-33(15-23(30)26(36)32-24-9-10-40-16-25(24)39-3)27(37)21-12-31-35(14-21)13-20-7-5-4-6-8-20/h4-8,12,14,22-25H,9-11,13,15-19H2,1-3H3,(H,32,36)/t22-,23-,24+,25+/m1/s1. The van der Waals surface area contributed by atoms with Gasteiger partial charge in [0.25, 0.3) is 5.91 Å². The quantitative estimate of drug-likeness (QED) is 0.565. The first-order valence-corrected chi connectivity index (χ1v) is 14.2. The largest absolute Gasteiger partial charge is 0.379 e. The van der Waals surface area contributed by atoms with Gasteiger partial charge < -0.3 is 24.6 Å². The topological polar surface area (TPSA) is 106 Å². The summed E-state index contributed by atoms with van der Waals surface area (Å²) in [6.07, 6.45) is 4.74. The van der Waals surface area contributed by atoms with Gasteiger partial charge in [0.15, 0.2) is 0 Å². The van der Waals surface area contributed by atoms with Crippen molar-refractivity contribution in [2.75, 3.05) is 46.5 Å². The molecule has 6 rings (SSSR count). The van der Waals surface area contributed by atoms with Gasteiger partial charge in [-0.1, -0.05) is 44.2 Å². The van der Waals surface area contributed by atoms with Crippen molar-refractivity contribution in [1.29, 1.82) is 0 Å². The molecule has 4 aliphatic rings. The zero-order chi connectivity index (χ0) is 28.1. The van der Waals surface area contributed by atoms with Gasteiger partial charge in [0, 0.05) is 57.4 Å². The minimum Gasteiger partial charge on any atom is -0.379 e. The van der Waals surface area contributed by atoms with E-state index in [1.54, 1.807) is 29.1 Å². The summed E-state index contributed by atoms with van der Waals surface area (Å²) in [6, 6.07) is 9.83. The van der Waals surface area contributed by atoms with Crippen molar-refractivity contribution in [2.24, 2.45) is 22.7 Å². The molecule has 1 aromatic carbocycles. The number of carbonyl (C=O) groups excluding carboxylic acids is 3. The zero-order valence-electron chi connectivity index (χ0n) is 23.5. The third kappa shape index (κ3) is 5.03. The van der Waals surface area contributed by atoms with Crippen LogP contribution >= 0.6 is 0 Å². The molecule has 3 aliphatic heterocycles. The first-order valence-electron chi connectivity index (χ1n) is 14.2. The second-order valence-electron chi connectivity index (χ2n) is 12.7. The Morgan fingerprint density at radius 3 is 2.52 bits per heavy atom. The molecule has 10 heteroatoms. The van der Waals surface area contributed by atoms with Crippen molar-refractivity contribution in [3.05, 3.63) is 53.9 Å². The number of benzene rings is 1. The number of methoxy groups -OCH3 is 1. The van der Waals surface area contributed by atoms with Crippen molar-refractivity contribution in [1.82, 2.24) is 24.9 Å². The van der Waals surface area contributed by atoms with Crippen molar-refractivity contribution >= 4 is 17.7 Å². The van der Waals surface area contributed by atoms with Gasteiger partial charge in [0.1, 0.15) is 6.10 Å². The monoisotopic (exact) mass is 549 g/mol. The first-order chi connectivity index (χ1) is 19.2. The van der Waals surface area contributed by atoms with Gasteiger partial charge in [-0.15, -0.1) is 0 Å². The molecular formula is C30H39N5O5. The predicted octanol–water partition coefficient (Wildman–Crippen LogP) is 1.80. The number of ether oxygens (including phenoxy) is 2. The number of carbonyl (C=O) groups is 3. The number of nitrogens with one attached hydrogen (secondary N) is 1. The molecule has 0 unspecified atom stereocenters. The molecule has 0 radical (unpaired) electrons. The molecule has 4 heterocycles. The van der Waals surface area contributed by atoms with Crippen LogP contribution in [0.4, 0.5) is 0 Å². The molecule has 1 saturated carbocycles. The van der Waals surface area contributed by atoms with Crippen LogP contribution in [0.15, 0.2) is 42.7 Å². The molecule has 4 fully saturated rings. The van der Waals surface area contributed by atoms with Gasteiger partial charge in [0.2, 0.25) is 11.8 Å². The van der Waals surface area contributed by atoms with Gasteiger partial charge in [-0.3, -0.25) is 19.1 Å². The minimum absolute atomic E-state index is 0.0480. The van der Waals surface area contributed by atoms with Gasteiger partial charge in [-0.25, -0.2) is 0 Å². The zero-order valence-corrected chi connectivity index (χ0v) is 23.5. The van der Waals surface area contributed by atoms with Crippen LogP contribution in [0.2, 0.25) is 0 Å². The molecule has 0 bridgehead atoms. The lowest BCUT2D eigenvalue weighted by molar-refractivity contribution is -0.152. The van der Waals surface area contributed by atoms with E-state index in [1.165, 1.54) is 0 Å². The smallest absolute Gasteiger partial charge is 0.257 e. The summed E-state index contributed by atoms with van der Waals surface area (Å²) in [5, 5.41) is 7.62. The number of aromatic nitrogens is 2. The number of likely N-dealkylation sites (tertiary alicyclic amines) is 2. The molecule has 214 valence electrons. The first kappa shape index (κ1) is 27.0. The van der Waals surface area contributed by atoms with E-state index in [9.17, 15) is 14.4 Å². The molecule has 1 spiro atoms. The molecule has 3 amide bonds. The van der Waals surface area contributed by atoms with E-state index in [0.717, 1.165) is 12.0 Å². The summed E-state index contributed by atoms with van der Waals surface area (Å²) < 4.78 is 12.8. The number of rotatable bonds is 7. The molecule has 3 saturated heterocycles. The maximum absolute atomic E-state index is 13.8. The third-order valence-corrected chi connectivity index (χ3v) is 9.39. The maximum Gasteiger partial charge on any atom is 0.257 e. The summed E-state index contributed by atoms with van der Waals surface area (Å²) in [4.78, 5) is 44.2. The van der Waals surface area contributed by atoms with Crippen LogP contribution in [0.5, 0.6) is 0 Å². The average Bonchev–Trinajstić information content (AvgIpc) is 3.26. The van der Waals surface area contributed by atoms with Crippen molar-refractivity contribution in [2.45, 2.75) is 45.4 Å². The highest BCUT2D eigenvalue weighted by Crippen LogP contribution is 2.54. The summed E-state index contributed by atoms with van der Waals surface area (Å²) >= 11 is 0. The second-order valence-corrected chi connectivity index (χ2v) is 12.7. The van der Waals surface area contributed by atoms with Gasteiger partial charge in [-0.2, -0.15) is 5.10 Å². The van der Waals surface area contributed by atoms with Crippen molar-refractivity contribution in [3.63, 3.8) is 0 Å². The van der Waals surface area contributed by atoms with Crippen LogP contribution in [0, 0.1) is 22.7 Å². The van der Waals surface area contributed by atoms with Gasteiger partial charge in [0.05, 0.1) is 36.9 Å². The molecule has 1 aromatic heterocycles. The van der Waals surface area contributed by atoms with E-state index in [0.29, 0.717) is 57.9 Å². The summed E-state index contributed by atoms with van der Waals surface area (Å²) in [7, 11) is 1.63. The molecule has 40 heavy (non-hydrogen) atoms. The van der Waals surface area contributed by atoms with E-state index in [-0.39, 0.29) is 41.2 Å². The van der Waals surface area contributed by atoms with Gasteiger partial charge >= 0.3 is 0 Å². The Balaban J connectivity index is 1.17. The number of nitrogens with zero attached hydrogens (tertiary/aromatic N) is 4. The Morgan fingerprint density at radius 1 is 1.10 bits per heavy atom. The minimum atomic E-state index is -0.456. The normalized spacial score (nSPS) is 28.3. The van der Waals surface area contributed by atoms with Crippen LogP contribution in [0.25, 0.3) is 0 Å². The summed E-state index contributed by atoms with van der Waals surface area (Å²) in [6.45, 7) is 7.56. The van der Waals surface area contributed by atoms with Crippen molar-refractivity contribution in [3.8, 4) is 0 Å². The molecule has 4 atom stereocenters. The van der Waals surface area contributed by atoms with Crippen LogP contribution < -0.4 is 5.32 Å². The fourth-order valence-corrected chi connectivity index (χ4v) is 6.69. The van der Waals surface area contributed by atoms with E-state index in [4.69, 9.17) is 9.47 Å². The highest BCUT2D eigenvalue weighted by molar-refractivity contribution is 5.95. The average molecular weight is 550 g/mol. The van der Waals surface area contributed by atoms with Crippen LogP contribution in [0.1, 0.15) is 42.6 Å². The van der Waals surface area contributed by atoms with Crippen LogP contribution in [-0.2, 0) is 25.6 Å². The van der Waals surface area contributed by atoms with Gasteiger partial charge in [-0.05, 0) is 23.8 Å².